The van der Waals surface area contributed by atoms with Crippen LogP contribution in [0.25, 0.3) is 0 Å². The van der Waals surface area contributed by atoms with Crippen molar-refractivity contribution in [3.8, 4) is 0 Å². The highest BCUT2D eigenvalue weighted by molar-refractivity contribution is 14.1. The molecule has 3 nitrogen and oxygen atoms in total. The summed E-state index contributed by atoms with van der Waals surface area (Å²) in [4.78, 5) is 11.3. The van der Waals surface area contributed by atoms with E-state index in [0.29, 0.717) is 11.1 Å². The van der Waals surface area contributed by atoms with Crippen molar-refractivity contribution < 1.29 is 4.92 Å². The van der Waals surface area contributed by atoms with Gasteiger partial charge in [-0.15, -0.1) is 23.4 Å². The quantitative estimate of drug-likeness (QED) is 0.255. The van der Waals surface area contributed by atoms with Crippen molar-refractivity contribution in [1.82, 2.24) is 0 Å². The molecule has 0 fully saturated rings. The molecule has 0 amide bonds. The molecule has 0 saturated heterocycles. The van der Waals surface area contributed by atoms with Gasteiger partial charge in [-0.05, 0) is 35.1 Å². The molecular weight excluding hydrogens is 361 g/mol. The van der Waals surface area contributed by atoms with Crippen LogP contribution < -0.4 is 0 Å². The van der Waals surface area contributed by atoms with Crippen molar-refractivity contribution in [3.63, 3.8) is 0 Å². The highest BCUT2D eigenvalue weighted by Crippen LogP contribution is 2.31. The van der Waals surface area contributed by atoms with Crippen molar-refractivity contribution in [1.29, 1.82) is 0 Å². The summed E-state index contributed by atoms with van der Waals surface area (Å²) >= 11 is 9.49. The van der Waals surface area contributed by atoms with E-state index in [4.69, 9.17) is 11.6 Å². The summed E-state index contributed by atoms with van der Waals surface area (Å²) in [5, 5.41) is 11.0. The largest absolute Gasteiger partial charge is 0.270 e. The molecule has 0 aliphatic carbocycles. The molecule has 88 valence electrons. The van der Waals surface area contributed by atoms with Crippen molar-refractivity contribution >= 4 is 51.6 Å². The van der Waals surface area contributed by atoms with Crippen LogP contribution in [-0.4, -0.2) is 16.1 Å². The van der Waals surface area contributed by atoms with Crippen molar-refractivity contribution in [3.05, 3.63) is 31.9 Å². The van der Waals surface area contributed by atoms with E-state index in [9.17, 15) is 10.1 Å². The van der Waals surface area contributed by atoms with Gasteiger partial charge in [0.05, 0.1) is 4.92 Å². The van der Waals surface area contributed by atoms with Gasteiger partial charge >= 0.3 is 0 Å². The third kappa shape index (κ3) is 4.10. The van der Waals surface area contributed by atoms with E-state index in [0.717, 1.165) is 14.9 Å². The molecule has 1 aromatic carbocycles. The fourth-order valence-corrected chi connectivity index (χ4v) is 3.45. The maximum Gasteiger partial charge on any atom is 0.270 e. The lowest BCUT2D eigenvalue weighted by Gasteiger charge is -2.10. The van der Waals surface area contributed by atoms with Crippen LogP contribution in [0.3, 0.4) is 0 Å². The number of halogens is 2. The van der Waals surface area contributed by atoms with Crippen LogP contribution >= 0.6 is 46.0 Å². The molecule has 6 heteroatoms. The maximum atomic E-state index is 10.6. The summed E-state index contributed by atoms with van der Waals surface area (Å²) in [7, 11) is 0. The summed E-state index contributed by atoms with van der Waals surface area (Å²) in [5.41, 5.74) is 0.138. The molecular formula is C10H11ClINO2S. The van der Waals surface area contributed by atoms with Crippen LogP contribution in [0.15, 0.2) is 23.1 Å². The van der Waals surface area contributed by atoms with E-state index in [-0.39, 0.29) is 10.6 Å². The Morgan fingerprint density at radius 3 is 2.81 bits per heavy atom. The number of nitrogens with zero attached hydrogens (tertiary/aromatic N) is 1. The molecule has 1 aromatic rings. The normalized spacial score (nSPS) is 12.4. The van der Waals surface area contributed by atoms with Crippen LogP contribution in [0, 0.1) is 13.7 Å². The van der Waals surface area contributed by atoms with Crippen molar-refractivity contribution in [2.75, 3.05) is 5.88 Å². The zero-order valence-corrected chi connectivity index (χ0v) is 12.4. The van der Waals surface area contributed by atoms with Gasteiger partial charge in [0.15, 0.2) is 0 Å². The molecule has 0 aliphatic rings. The smallest absolute Gasteiger partial charge is 0.258 e. The van der Waals surface area contributed by atoms with E-state index in [2.05, 4.69) is 29.5 Å². The Hall–Kier alpha value is -0.0100. The van der Waals surface area contributed by atoms with Gasteiger partial charge in [-0.3, -0.25) is 10.1 Å². The molecule has 1 unspecified atom stereocenters. The van der Waals surface area contributed by atoms with Gasteiger partial charge in [-0.1, -0.05) is 6.92 Å². The number of benzene rings is 1. The highest BCUT2D eigenvalue weighted by Gasteiger charge is 2.11. The lowest BCUT2D eigenvalue weighted by molar-refractivity contribution is -0.385. The van der Waals surface area contributed by atoms with E-state index >= 15 is 0 Å². The van der Waals surface area contributed by atoms with Gasteiger partial charge in [0.1, 0.15) is 0 Å². The van der Waals surface area contributed by atoms with Crippen LogP contribution in [0.1, 0.15) is 13.3 Å². The SMILES string of the molecule is CC(CCCl)Sc1ccc([N+](=O)[O-])cc1I. The zero-order valence-electron chi connectivity index (χ0n) is 8.65. The van der Waals surface area contributed by atoms with Gasteiger partial charge in [0, 0.05) is 31.7 Å². The molecule has 0 saturated carbocycles. The monoisotopic (exact) mass is 371 g/mol. The predicted octanol–water partition coefficient (Wildman–Crippen LogP) is 4.31. The van der Waals surface area contributed by atoms with Gasteiger partial charge in [0.25, 0.3) is 5.69 Å². The highest BCUT2D eigenvalue weighted by atomic mass is 127. The topological polar surface area (TPSA) is 43.1 Å². The molecule has 0 heterocycles. The Balaban J connectivity index is 2.79. The predicted molar refractivity (Wildman–Crippen MR) is 76.5 cm³/mol. The molecule has 0 radical (unpaired) electrons. The first-order chi connectivity index (χ1) is 7.54. The van der Waals surface area contributed by atoms with Gasteiger partial charge in [-0.25, -0.2) is 0 Å². The summed E-state index contributed by atoms with van der Waals surface area (Å²) < 4.78 is 0.915. The van der Waals surface area contributed by atoms with Crippen molar-refractivity contribution in [2.45, 2.75) is 23.5 Å². The first-order valence-electron chi connectivity index (χ1n) is 4.71. The Kier molecular flexibility index (Phi) is 5.85. The minimum absolute atomic E-state index is 0.138. The lowest BCUT2D eigenvalue weighted by Crippen LogP contribution is -1.97. The second kappa shape index (κ2) is 6.66. The van der Waals surface area contributed by atoms with E-state index in [1.165, 1.54) is 6.07 Å². The number of hydrogen-bond acceptors (Lipinski definition) is 3. The van der Waals surface area contributed by atoms with Crippen LogP contribution in [0.5, 0.6) is 0 Å². The van der Waals surface area contributed by atoms with Gasteiger partial charge in [0.2, 0.25) is 0 Å². The molecule has 0 N–H and O–H groups in total. The number of thioether (sulfide) groups is 1. The third-order valence-electron chi connectivity index (χ3n) is 1.97. The summed E-state index contributed by atoms with van der Waals surface area (Å²) in [6.07, 6.45) is 0.930. The number of non-ortho nitro benzene ring substituents is 1. The van der Waals surface area contributed by atoms with E-state index in [1.54, 1.807) is 23.9 Å². The van der Waals surface area contributed by atoms with E-state index < -0.39 is 0 Å². The standard InChI is InChI=1S/C10H11ClINO2S/c1-7(4-5-11)16-10-3-2-8(13(14)15)6-9(10)12/h2-3,6-7H,4-5H2,1H3. The molecule has 0 aromatic heterocycles. The number of nitro benzene ring substituents is 1. The summed E-state index contributed by atoms with van der Waals surface area (Å²) in [5.74, 6) is 0.637. The average molecular weight is 372 g/mol. The second-order valence-corrected chi connectivity index (χ2v) is 6.30. The van der Waals surface area contributed by atoms with Crippen LogP contribution in [0.4, 0.5) is 5.69 Å². The minimum atomic E-state index is -0.376. The molecule has 0 aliphatic heterocycles. The number of rotatable bonds is 5. The van der Waals surface area contributed by atoms with Crippen molar-refractivity contribution in [2.24, 2.45) is 0 Å². The molecule has 0 bridgehead atoms. The summed E-state index contributed by atoms with van der Waals surface area (Å²) in [6.45, 7) is 2.10. The average Bonchev–Trinajstić information content (AvgIpc) is 2.21. The van der Waals surface area contributed by atoms with Gasteiger partial charge < -0.3 is 0 Å². The zero-order chi connectivity index (χ0) is 12.1. The number of alkyl halides is 1. The fourth-order valence-electron chi connectivity index (χ4n) is 1.13. The Morgan fingerprint density at radius 2 is 2.31 bits per heavy atom. The second-order valence-electron chi connectivity index (χ2n) is 3.28. The van der Waals surface area contributed by atoms with Crippen LogP contribution in [0.2, 0.25) is 0 Å². The first kappa shape index (κ1) is 14.1. The molecule has 16 heavy (non-hydrogen) atoms. The van der Waals surface area contributed by atoms with Gasteiger partial charge in [-0.2, -0.15) is 0 Å². The first-order valence-corrected chi connectivity index (χ1v) is 7.20. The Bertz CT molecular complexity index is 389. The molecule has 1 atom stereocenters. The third-order valence-corrected chi connectivity index (χ3v) is 4.69. The maximum absolute atomic E-state index is 10.6. The Labute approximate surface area is 117 Å². The fraction of sp³-hybridized carbons (Fsp3) is 0.400. The lowest BCUT2D eigenvalue weighted by atomic mass is 10.3. The number of hydrogen-bond donors (Lipinski definition) is 0. The molecule has 0 spiro atoms. The number of nitro groups is 1. The Morgan fingerprint density at radius 1 is 1.62 bits per heavy atom. The van der Waals surface area contributed by atoms with Crippen LogP contribution in [-0.2, 0) is 0 Å². The van der Waals surface area contributed by atoms with E-state index in [1.807, 2.05) is 0 Å². The minimum Gasteiger partial charge on any atom is -0.258 e. The summed E-state index contributed by atoms with van der Waals surface area (Å²) in [6, 6.07) is 4.93. The molecule has 1 rings (SSSR count).